The third kappa shape index (κ3) is 3.50. The molecule has 1 aliphatic rings. The molecule has 0 aliphatic carbocycles. The van der Waals surface area contributed by atoms with E-state index in [1.54, 1.807) is 28.5 Å². The number of aromatic nitrogens is 7. The Morgan fingerprint density at radius 2 is 2.04 bits per heavy atom. The minimum Gasteiger partial charge on any atom is -0.338 e. The lowest BCUT2D eigenvalue weighted by molar-refractivity contribution is -0.134. The van der Waals surface area contributed by atoms with Crippen molar-refractivity contribution in [3.05, 3.63) is 48.5 Å². The quantitative estimate of drug-likeness (QED) is 0.445. The molecular weight excluding hydrogens is 396 g/mol. The molecule has 9 nitrogen and oxygen atoms in total. The fourth-order valence-electron chi connectivity index (χ4n) is 2.99. The molecule has 142 valence electrons. The van der Waals surface area contributed by atoms with E-state index in [1.165, 1.54) is 11.8 Å². The van der Waals surface area contributed by atoms with Gasteiger partial charge in [-0.2, -0.15) is 15.0 Å². The van der Waals surface area contributed by atoms with Crippen molar-refractivity contribution in [3.8, 4) is 0 Å². The number of hydrogen-bond acceptors (Lipinski definition) is 8. The van der Waals surface area contributed by atoms with Crippen molar-refractivity contribution >= 4 is 39.2 Å². The third-order valence-electron chi connectivity index (χ3n) is 4.51. The number of carbonyl (C=O) groups excluding carboxylic acids is 1. The number of carbonyl (C=O) groups is 1. The maximum atomic E-state index is 12.4. The van der Waals surface area contributed by atoms with Gasteiger partial charge in [0.15, 0.2) is 4.34 Å². The number of hydrogen-bond donors (Lipinski definition) is 0. The highest BCUT2D eigenvalue weighted by atomic mass is 32.2. The van der Waals surface area contributed by atoms with Crippen molar-refractivity contribution in [3.63, 3.8) is 0 Å². The molecule has 5 rings (SSSR count). The fraction of sp³-hybridized carbons (Fsp3) is 0.294. The number of para-hydroxylation sites is 1. The molecule has 11 heteroatoms. The largest absolute Gasteiger partial charge is 0.338 e. The van der Waals surface area contributed by atoms with Gasteiger partial charge >= 0.3 is 0 Å². The van der Waals surface area contributed by atoms with Gasteiger partial charge in [0.1, 0.15) is 12.2 Å². The van der Waals surface area contributed by atoms with Crippen LogP contribution in [0.25, 0.3) is 10.2 Å². The smallest absolute Gasteiger partial charge is 0.233 e. The number of fused-ring (bicyclic) bond motifs is 1. The molecule has 0 N–H and O–H groups in total. The summed E-state index contributed by atoms with van der Waals surface area (Å²) in [5, 5.41) is 16.5. The maximum absolute atomic E-state index is 12.4. The van der Waals surface area contributed by atoms with Gasteiger partial charge in [0.2, 0.25) is 5.91 Å². The first kappa shape index (κ1) is 17.3. The molecule has 1 aromatic carbocycles. The van der Waals surface area contributed by atoms with Crippen LogP contribution in [-0.2, 0) is 11.3 Å². The molecule has 1 fully saturated rings. The zero-order valence-corrected chi connectivity index (χ0v) is 16.4. The lowest BCUT2D eigenvalue weighted by Gasteiger charge is -2.38. The van der Waals surface area contributed by atoms with Crippen LogP contribution in [-0.4, -0.2) is 64.6 Å². The molecule has 0 atom stereocenters. The molecule has 0 radical (unpaired) electrons. The Bertz CT molecular complexity index is 1070. The Labute approximate surface area is 168 Å². The average molecular weight is 413 g/mol. The molecule has 1 aliphatic heterocycles. The van der Waals surface area contributed by atoms with Gasteiger partial charge in [0.25, 0.3) is 0 Å². The molecule has 4 aromatic rings. The number of rotatable bonds is 6. The van der Waals surface area contributed by atoms with Crippen molar-refractivity contribution in [2.24, 2.45) is 0 Å². The van der Waals surface area contributed by atoms with Crippen molar-refractivity contribution in [2.75, 3.05) is 18.8 Å². The summed E-state index contributed by atoms with van der Waals surface area (Å²) >= 11 is 3.12. The molecule has 4 heterocycles. The van der Waals surface area contributed by atoms with E-state index in [-0.39, 0.29) is 11.9 Å². The SMILES string of the molecule is O=C(CSc1nc2ccccc2s1)N1CC(n2cc(Cn3nccn3)nn2)C1. The molecule has 1 saturated heterocycles. The molecular formula is C17H16N8OS2. The minimum absolute atomic E-state index is 0.126. The van der Waals surface area contributed by atoms with Gasteiger partial charge in [-0.3, -0.25) is 4.79 Å². The van der Waals surface area contributed by atoms with Crippen molar-refractivity contribution < 1.29 is 4.79 Å². The van der Waals surface area contributed by atoms with E-state index in [2.05, 4.69) is 25.5 Å². The molecule has 28 heavy (non-hydrogen) atoms. The molecule has 0 saturated carbocycles. The number of nitrogens with zero attached hydrogens (tertiary/aromatic N) is 8. The van der Waals surface area contributed by atoms with Crippen LogP contribution in [0.15, 0.2) is 47.2 Å². The highest BCUT2D eigenvalue weighted by Gasteiger charge is 2.32. The van der Waals surface area contributed by atoms with Crippen LogP contribution in [0.1, 0.15) is 11.7 Å². The summed E-state index contributed by atoms with van der Waals surface area (Å²) in [6.07, 6.45) is 5.16. The average Bonchev–Trinajstić information content (AvgIpc) is 3.39. The topological polar surface area (TPSA) is 94.6 Å². The molecule has 0 unspecified atom stereocenters. The van der Waals surface area contributed by atoms with Gasteiger partial charge < -0.3 is 4.90 Å². The van der Waals surface area contributed by atoms with Crippen LogP contribution in [0, 0.1) is 0 Å². The number of thiazole rings is 1. The van der Waals surface area contributed by atoms with E-state index in [4.69, 9.17) is 0 Å². The zero-order chi connectivity index (χ0) is 18.9. The number of benzene rings is 1. The van der Waals surface area contributed by atoms with Gasteiger partial charge in [-0.25, -0.2) is 9.67 Å². The molecule has 0 bridgehead atoms. The van der Waals surface area contributed by atoms with Crippen LogP contribution in [0.4, 0.5) is 0 Å². The van der Waals surface area contributed by atoms with Gasteiger partial charge in [-0.1, -0.05) is 29.1 Å². The second-order valence-electron chi connectivity index (χ2n) is 6.44. The summed E-state index contributed by atoms with van der Waals surface area (Å²) in [5.41, 5.74) is 1.78. The Morgan fingerprint density at radius 3 is 2.86 bits per heavy atom. The molecule has 1 amide bonds. The predicted molar refractivity (Wildman–Crippen MR) is 105 cm³/mol. The van der Waals surface area contributed by atoms with E-state index >= 15 is 0 Å². The number of thioether (sulfide) groups is 1. The summed E-state index contributed by atoms with van der Waals surface area (Å²) in [4.78, 5) is 20.4. The van der Waals surface area contributed by atoms with E-state index in [0.717, 1.165) is 20.3 Å². The fourth-order valence-corrected chi connectivity index (χ4v) is 4.96. The highest BCUT2D eigenvalue weighted by Crippen LogP contribution is 2.30. The van der Waals surface area contributed by atoms with Crippen LogP contribution >= 0.6 is 23.1 Å². The maximum Gasteiger partial charge on any atom is 0.233 e. The molecule has 3 aromatic heterocycles. The predicted octanol–water partition coefficient (Wildman–Crippen LogP) is 1.70. The highest BCUT2D eigenvalue weighted by molar-refractivity contribution is 8.01. The normalized spacial score (nSPS) is 14.5. The number of amides is 1. The summed E-state index contributed by atoms with van der Waals surface area (Å²) < 4.78 is 3.90. The third-order valence-corrected chi connectivity index (χ3v) is 6.67. The van der Waals surface area contributed by atoms with Gasteiger partial charge in [0, 0.05) is 13.1 Å². The Morgan fingerprint density at radius 1 is 1.21 bits per heavy atom. The van der Waals surface area contributed by atoms with Crippen LogP contribution < -0.4 is 0 Å². The molecule has 0 spiro atoms. The van der Waals surface area contributed by atoms with E-state index in [0.29, 0.717) is 25.4 Å². The summed E-state index contributed by atoms with van der Waals surface area (Å²) in [6, 6.07) is 8.19. The van der Waals surface area contributed by atoms with E-state index in [9.17, 15) is 4.79 Å². The van der Waals surface area contributed by atoms with Crippen LogP contribution in [0.5, 0.6) is 0 Å². The zero-order valence-electron chi connectivity index (χ0n) is 14.7. The van der Waals surface area contributed by atoms with E-state index in [1.807, 2.05) is 40.0 Å². The Balaban J connectivity index is 1.12. The number of likely N-dealkylation sites (tertiary alicyclic amines) is 1. The lowest BCUT2D eigenvalue weighted by atomic mass is 10.1. The lowest BCUT2D eigenvalue weighted by Crippen LogP contribution is -2.51. The monoisotopic (exact) mass is 412 g/mol. The first-order chi connectivity index (χ1) is 13.7. The first-order valence-corrected chi connectivity index (χ1v) is 10.6. The summed E-state index contributed by atoms with van der Waals surface area (Å²) in [6.45, 7) is 1.80. The Hall–Kier alpha value is -2.79. The first-order valence-electron chi connectivity index (χ1n) is 8.75. The van der Waals surface area contributed by atoms with Gasteiger partial charge in [-0.15, -0.1) is 16.4 Å². The Kier molecular flexibility index (Phi) is 4.53. The minimum atomic E-state index is 0.126. The second-order valence-corrected chi connectivity index (χ2v) is 8.69. The summed E-state index contributed by atoms with van der Waals surface area (Å²) in [7, 11) is 0. The second kappa shape index (κ2) is 7.32. The standard InChI is InChI=1S/C17H16N8OS2/c26-16(11-27-17-20-14-3-1-2-4-15(14)28-17)23-9-13(10-23)24-7-12(21-22-24)8-25-18-5-6-19-25/h1-7,13H,8-11H2. The van der Waals surface area contributed by atoms with Gasteiger partial charge in [0.05, 0.1) is 40.6 Å². The van der Waals surface area contributed by atoms with Crippen molar-refractivity contribution in [1.29, 1.82) is 0 Å². The van der Waals surface area contributed by atoms with E-state index < -0.39 is 0 Å². The van der Waals surface area contributed by atoms with Crippen molar-refractivity contribution in [2.45, 2.75) is 16.9 Å². The summed E-state index contributed by atoms with van der Waals surface area (Å²) in [5.74, 6) is 0.529. The van der Waals surface area contributed by atoms with Crippen molar-refractivity contribution in [1.82, 2.24) is 39.9 Å². The van der Waals surface area contributed by atoms with Crippen LogP contribution in [0.2, 0.25) is 0 Å². The van der Waals surface area contributed by atoms with Gasteiger partial charge in [-0.05, 0) is 12.1 Å². The van der Waals surface area contributed by atoms with Crippen LogP contribution in [0.3, 0.4) is 0 Å².